The highest BCUT2D eigenvalue weighted by Crippen LogP contribution is 2.35. The maximum absolute atomic E-state index is 10.5. The van der Waals surface area contributed by atoms with Crippen LogP contribution in [0.25, 0.3) is 0 Å². The SMILES string of the molecule is CCC1C=CCC(C)C1CCCC(=O)O. The first-order valence-corrected chi connectivity index (χ1v) is 6.03. The number of hydrogen-bond acceptors (Lipinski definition) is 1. The van der Waals surface area contributed by atoms with Crippen molar-refractivity contribution in [3.05, 3.63) is 12.2 Å². The average molecular weight is 210 g/mol. The van der Waals surface area contributed by atoms with Crippen LogP contribution in [-0.2, 0) is 4.79 Å². The van der Waals surface area contributed by atoms with Crippen LogP contribution >= 0.6 is 0 Å². The molecule has 0 amide bonds. The standard InChI is InChI=1S/C13H22O2/c1-3-11-7-4-6-10(2)12(11)8-5-9-13(14)15/h4,7,10-12H,3,5-6,8-9H2,1-2H3,(H,14,15). The molecule has 1 rings (SSSR count). The van der Waals surface area contributed by atoms with Crippen molar-refractivity contribution in [3.8, 4) is 0 Å². The second kappa shape index (κ2) is 5.94. The van der Waals surface area contributed by atoms with Crippen molar-refractivity contribution in [1.82, 2.24) is 0 Å². The Balaban J connectivity index is 2.42. The van der Waals surface area contributed by atoms with Gasteiger partial charge in [-0.05, 0) is 43.4 Å². The number of hydrogen-bond donors (Lipinski definition) is 1. The van der Waals surface area contributed by atoms with E-state index in [1.807, 2.05) is 0 Å². The molecule has 0 aromatic carbocycles. The summed E-state index contributed by atoms with van der Waals surface area (Å²) in [5.41, 5.74) is 0. The molecule has 3 unspecified atom stereocenters. The highest BCUT2D eigenvalue weighted by Gasteiger charge is 2.25. The predicted molar refractivity (Wildman–Crippen MR) is 61.7 cm³/mol. The Hall–Kier alpha value is -0.790. The topological polar surface area (TPSA) is 37.3 Å². The summed E-state index contributed by atoms with van der Waals surface area (Å²) >= 11 is 0. The van der Waals surface area contributed by atoms with E-state index in [1.165, 1.54) is 6.42 Å². The number of allylic oxidation sites excluding steroid dienone is 2. The van der Waals surface area contributed by atoms with Gasteiger partial charge in [0.2, 0.25) is 0 Å². The monoisotopic (exact) mass is 210 g/mol. The molecular weight excluding hydrogens is 188 g/mol. The van der Waals surface area contributed by atoms with E-state index in [0.29, 0.717) is 24.2 Å². The summed E-state index contributed by atoms with van der Waals surface area (Å²) in [5, 5.41) is 8.62. The Morgan fingerprint density at radius 2 is 2.27 bits per heavy atom. The van der Waals surface area contributed by atoms with Crippen LogP contribution in [0, 0.1) is 17.8 Å². The normalized spacial score (nSPS) is 30.4. The zero-order valence-electron chi connectivity index (χ0n) is 9.78. The maximum atomic E-state index is 10.5. The second-order valence-electron chi connectivity index (χ2n) is 4.66. The molecule has 0 saturated heterocycles. The molecule has 1 aliphatic carbocycles. The van der Waals surface area contributed by atoms with E-state index in [1.54, 1.807) is 0 Å². The number of rotatable bonds is 5. The molecule has 2 heteroatoms. The fraction of sp³-hybridized carbons (Fsp3) is 0.769. The molecule has 0 fully saturated rings. The molecule has 0 spiro atoms. The van der Waals surface area contributed by atoms with Crippen LogP contribution in [0.15, 0.2) is 12.2 Å². The summed E-state index contributed by atoms with van der Waals surface area (Å²) in [6.07, 6.45) is 9.17. The summed E-state index contributed by atoms with van der Waals surface area (Å²) in [6.45, 7) is 4.51. The molecule has 0 bridgehead atoms. The van der Waals surface area contributed by atoms with Gasteiger partial charge >= 0.3 is 5.97 Å². The van der Waals surface area contributed by atoms with Crippen LogP contribution in [0.4, 0.5) is 0 Å². The minimum atomic E-state index is -0.665. The lowest BCUT2D eigenvalue weighted by molar-refractivity contribution is -0.137. The molecule has 0 aromatic heterocycles. The van der Waals surface area contributed by atoms with Gasteiger partial charge in [-0.1, -0.05) is 26.0 Å². The summed E-state index contributed by atoms with van der Waals surface area (Å²) in [4.78, 5) is 10.5. The summed E-state index contributed by atoms with van der Waals surface area (Å²) < 4.78 is 0. The second-order valence-corrected chi connectivity index (χ2v) is 4.66. The van der Waals surface area contributed by atoms with Gasteiger partial charge in [0, 0.05) is 6.42 Å². The van der Waals surface area contributed by atoms with E-state index >= 15 is 0 Å². The third-order valence-electron chi connectivity index (χ3n) is 3.57. The average Bonchev–Trinajstić information content (AvgIpc) is 2.20. The predicted octanol–water partition coefficient (Wildman–Crippen LogP) is 3.48. The quantitative estimate of drug-likeness (QED) is 0.705. The molecule has 0 saturated carbocycles. The van der Waals surface area contributed by atoms with Gasteiger partial charge in [0.1, 0.15) is 0 Å². The van der Waals surface area contributed by atoms with E-state index in [-0.39, 0.29) is 0 Å². The molecule has 1 aliphatic rings. The fourth-order valence-corrected chi connectivity index (χ4v) is 2.63. The van der Waals surface area contributed by atoms with Crippen molar-refractivity contribution in [3.63, 3.8) is 0 Å². The van der Waals surface area contributed by atoms with Crippen LogP contribution < -0.4 is 0 Å². The van der Waals surface area contributed by atoms with Crippen LogP contribution in [0.1, 0.15) is 46.0 Å². The first-order valence-electron chi connectivity index (χ1n) is 6.03. The van der Waals surface area contributed by atoms with Crippen molar-refractivity contribution < 1.29 is 9.90 Å². The van der Waals surface area contributed by atoms with Crippen LogP contribution in [0.3, 0.4) is 0 Å². The fourth-order valence-electron chi connectivity index (χ4n) is 2.63. The summed E-state index contributed by atoms with van der Waals surface area (Å²) in [5.74, 6) is 1.41. The Morgan fingerprint density at radius 1 is 1.53 bits per heavy atom. The van der Waals surface area contributed by atoms with Crippen molar-refractivity contribution in [2.45, 2.75) is 46.0 Å². The van der Waals surface area contributed by atoms with Crippen LogP contribution in [-0.4, -0.2) is 11.1 Å². The Morgan fingerprint density at radius 3 is 2.87 bits per heavy atom. The van der Waals surface area contributed by atoms with Gasteiger partial charge in [0.05, 0.1) is 0 Å². The molecule has 1 N–H and O–H groups in total. The molecule has 3 atom stereocenters. The minimum absolute atomic E-state index is 0.323. The molecule has 0 aliphatic heterocycles. The lowest BCUT2D eigenvalue weighted by Gasteiger charge is -2.32. The zero-order valence-corrected chi connectivity index (χ0v) is 9.78. The first kappa shape index (κ1) is 12.3. The summed E-state index contributed by atoms with van der Waals surface area (Å²) in [7, 11) is 0. The third kappa shape index (κ3) is 3.69. The van der Waals surface area contributed by atoms with Crippen LogP contribution in [0.2, 0.25) is 0 Å². The van der Waals surface area contributed by atoms with Gasteiger partial charge < -0.3 is 5.11 Å². The molecular formula is C13H22O2. The Bertz CT molecular complexity index is 233. The van der Waals surface area contributed by atoms with E-state index in [0.717, 1.165) is 19.3 Å². The lowest BCUT2D eigenvalue weighted by Crippen LogP contribution is -2.23. The molecule has 2 nitrogen and oxygen atoms in total. The van der Waals surface area contributed by atoms with E-state index in [9.17, 15) is 4.79 Å². The van der Waals surface area contributed by atoms with Gasteiger partial charge in [-0.25, -0.2) is 0 Å². The van der Waals surface area contributed by atoms with Crippen molar-refractivity contribution in [2.24, 2.45) is 17.8 Å². The van der Waals surface area contributed by atoms with Gasteiger partial charge in [0.15, 0.2) is 0 Å². The van der Waals surface area contributed by atoms with Crippen molar-refractivity contribution in [2.75, 3.05) is 0 Å². The van der Waals surface area contributed by atoms with Crippen molar-refractivity contribution >= 4 is 5.97 Å². The van der Waals surface area contributed by atoms with Gasteiger partial charge in [-0.2, -0.15) is 0 Å². The highest BCUT2D eigenvalue weighted by atomic mass is 16.4. The van der Waals surface area contributed by atoms with Gasteiger partial charge in [-0.3, -0.25) is 4.79 Å². The minimum Gasteiger partial charge on any atom is -0.481 e. The first-order chi connectivity index (χ1) is 7.15. The van der Waals surface area contributed by atoms with E-state index in [2.05, 4.69) is 26.0 Å². The molecule has 15 heavy (non-hydrogen) atoms. The third-order valence-corrected chi connectivity index (χ3v) is 3.57. The number of carboxylic acid groups (broad SMARTS) is 1. The molecule has 0 radical (unpaired) electrons. The number of aliphatic carboxylic acids is 1. The van der Waals surface area contributed by atoms with Crippen LogP contribution in [0.5, 0.6) is 0 Å². The van der Waals surface area contributed by atoms with Crippen molar-refractivity contribution in [1.29, 1.82) is 0 Å². The Labute approximate surface area is 92.4 Å². The summed E-state index contributed by atoms with van der Waals surface area (Å²) in [6, 6.07) is 0. The highest BCUT2D eigenvalue weighted by molar-refractivity contribution is 5.66. The van der Waals surface area contributed by atoms with Gasteiger partial charge in [-0.15, -0.1) is 0 Å². The largest absolute Gasteiger partial charge is 0.481 e. The molecule has 0 heterocycles. The lowest BCUT2D eigenvalue weighted by atomic mass is 9.73. The smallest absolute Gasteiger partial charge is 0.303 e. The Kier molecular flexibility index (Phi) is 4.86. The van der Waals surface area contributed by atoms with E-state index in [4.69, 9.17) is 5.11 Å². The number of carbonyl (C=O) groups is 1. The molecule has 86 valence electrons. The maximum Gasteiger partial charge on any atom is 0.303 e. The zero-order chi connectivity index (χ0) is 11.3. The van der Waals surface area contributed by atoms with Gasteiger partial charge in [0.25, 0.3) is 0 Å². The molecule has 0 aromatic rings. The van der Waals surface area contributed by atoms with E-state index < -0.39 is 5.97 Å². The number of carboxylic acids is 1.